The maximum atomic E-state index is 5.98. The van der Waals surface area contributed by atoms with Crippen molar-refractivity contribution in [2.24, 2.45) is 0 Å². The molecular formula is C50H44. The molecule has 0 saturated carbocycles. The zero-order chi connectivity index (χ0) is 36.0. The third-order valence-corrected chi connectivity index (χ3v) is 9.63. The van der Waals surface area contributed by atoms with Crippen molar-refractivity contribution in [2.45, 2.75) is 78.6 Å². The molecule has 0 atom stereocenters. The van der Waals surface area contributed by atoms with Crippen LogP contribution in [0.25, 0.3) is 33.4 Å². The molecule has 0 unspecified atom stereocenters. The molecule has 6 aliphatic carbocycles. The minimum absolute atomic E-state index is 0.00329. The summed E-state index contributed by atoms with van der Waals surface area (Å²) in [7, 11) is 0. The van der Waals surface area contributed by atoms with Gasteiger partial charge in [-0.1, -0.05) is 171 Å². The maximum Gasteiger partial charge on any atom is 0.0340 e. The zero-order valence-electron chi connectivity index (χ0n) is 30.8. The van der Waals surface area contributed by atoms with Crippen LogP contribution in [0.15, 0.2) is 91.0 Å². The van der Waals surface area contributed by atoms with Gasteiger partial charge in [0, 0.05) is 33.4 Å². The molecule has 0 aromatic rings. The van der Waals surface area contributed by atoms with E-state index in [1.807, 2.05) is 12.1 Å². The monoisotopic (exact) mass is 644 g/mol. The third-order valence-electron chi connectivity index (χ3n) is 9.63. The molecule has 0 heteroatoms. The van der Waals surface area contributed by atoms with Crippen LogP contribution in [-0.4, -0.2) is 0 Å². The van der Waals surface area contributed by atoms with Gasteiger partial charge in [-0.05, 0) is 84.5 Å². The topological polar surface area (TPSA) is 0 Å². The smallest absolute Gasteiger partial charge is 0.0340 e. The second-order valence-electron chi connectivity index (χ2n) is 16.3. The van der Waals surface area contributed by atoms with Gasteiger partial charge >= 0.3 is 0 Å². The second-order valence-corrected chi connectivity index (χ2v) is 16.3. The van der Waals surface area contributed by atoms with Gasteiger partial charge in [0.15, 0.2) is 0 Å². The van der Waals surface area contributed by atoms with Crippen LogP contribution in [0, 0.1) is 48.4 Å². The molecule has 6 rings (SSSR count). The van der Waals surface area contributed by atoms with Crippen molar-refractivity contribution in [3.63, 3.8) is 0 Å². The van der Waals surface area contributed by atoms with Crippen LogP contribution in [0.5, 0.6) is 0 Å². The summed E-state index contributed by atoms with van der Waals surface area (Å²) in [6.45, 7) is 20.0. The number of terminal acetylenes is 2. The van der Waals surface area contributed by atoms with Gasteiger partial charge in [0.1, 0.15) is 0 Å². The predicted octanol–water partition coefficient (Wildman–Crippen LogP) is 11.7. The Kier molecular flexibility index (Phi) is 8.66. The summed E-state index contributed by atoms with van der Waals surface area (Å²) in [6, 6.07) is 32.3. The fourth-order valence-corrected chi connectivity index (χ4v) is 6.47. The molecular weight excluding hydrogens is 601 g/mol. The lowest BCUT2D eigenvalue weighted by Crippen LogP contribution is -2.09. The molecule has 0 nitrogen and oxygen atoms in total. The van der Waals surface area contributed by atoms with Crippen LogP contribution >= 0.6 is 0 Å². The molecule has 0 heterocycles. The molecule has 0 spiro atoms. The summed E-state index contributed by atoms with van der Waals surface area (Å²) in [4.78, 5) is 0. The quantitative estimate of drug-likeness (QED) is 0.144. The van der Waals surface area contributed by atoms with E-state index in [-0.39, 0.29) is 16.2 Å². The van der Waals surface area contributed by atoms with Crippen LogP contribution < -0.4 is 0 Å². The molecule has 244 valence electrons. The van der Waals surface area contributed by atoms with Crippen LogP contribution in [0.2, 0.25) is 0 Å². The molecule has 0 fully saturated rings. The van der Waals surface area contributed by atoms with Gasteiger partial charge in [0.2, 0.25) is 0 Å². The number of hydrogen-bond acceptors (Lipinski definition) is 0. The molecule has 50 heavy (non-hydrogen) atoms. The number of rotatable bonds is 0. The lowest BCUT2D eigenvalue weighted by Gasteiger charge is -2.17. The van der Waals surface area contributed by atoms with Crippen LogP contribution in [0.1, 0.15) is 112 Å². The lowest BCUT2D eigenvalue weighted by molar-refractivity contribution is 0.590. The molecule has 0 N–H and O–H groups in total. The highest BCUT2D eigenvalue weighted by Gasteiger charge is 2.20. The van der Waals surface area contributed by atoms with Crippen molar-refractivity contribution in [3.05, 3.63) is 141 Å². The SMILES string of the molecule is C#Cc1cc(C#Cc2cc(C#Cc3cc(C#C)c4ccc(C(C)(C)C)ccc3-4)c3ccc(C(C)(C)C)ccc2-3)c2ccc(C(C)(C)C)ccc1-2. The molecule has 0 aromatic heterocycles. The predicted molar refractivity (Wildman–Crippen MR) is 213 cm³/mol. The fourth-order valence-electron chi connectivity index (χ4n) is 6.47. The molecule has 0 radical (unpaired) electrons. The largest absolute Gasteiger partial charge is 0.115 e. The van der Waals surface area contributed by atoms with Gasteiger partial charge in [-0.2, -0.15) is 0 Å². The second kappa shape index (κ2) is 12.7. The summed E-state index contributed by atoms with van der Waals surface area (Å²) < 4.78 is 0. The molecule has 0 aromatic carbocycles. The molecule has 0 saturated heterocycles. The van der Waals surface area contributed by atoms with E-state index in [4.69, 9.17) is 12.8 Å². The van der Waals surface area contributed by atoms with Crippen molar-refractivity contribution in [1.82, 2.24) is 0 Å². The van der Waals surface area contributed by atoms with Gasteiger partial charge in [-0.25, -0.2) is 0 Å². The highest BCUT2D eigenvalue weighted by atomic mass is 14.2. The normalized spacial score (nSPS) is 11.7. The summed E-state index contributed by atoms with van der Waals surface area (Å²) >= 11 is 0. The van der Waals surface area contributed by atoms with E-state index < -0.39 is 0 Å². The fraction of sp³-hybridized carbons (Fsp3) is 0.240. The van der Waals surface area contributed by atoms with E-state index in [0.29, 0.717) is 0 Å². The van der Waals surface area contributed by atoms with Crippen LogP contribution in [-0.2, 0) is 16.2 Å². The van der Waals surface area contributed by atoms with E-state index in [0.717, 1.165) is 66.8 Å². The summed E-state index contributed by atoms with van der Waals surface area (Å²) in [5.41, 5.74) is 15.6. The average Bonchev–Trinajstić information content (AvgIpc) is 3.39. The van der Waals surface area contributed by atoms with E-state index in [2.05, 4.69) is 177 Å². The van der Waals surface area contributed by atoms with E-state index >= 15 is 0 Å². The van der Waals surface area contributed by atoms with E-state index in [9.17, 15) is 0 Å². The molecule has 0 bridgehead atoms. The first-order valence-corrected chi connectivity index (χ1v) is 17.3. The zero-order valence-corrected chi connectivity index (χ0v) is 30.8. The highest BCUT2D eigenvalue weighted by Crippen LogP contribution is 2.37. The van der Waals surface area contributed by atoms with Crippen LogP contribution in [0.4, 0.5) is 0 Å². The first-order chi connectivity index (χ1) is 23.6. The Morgan fingerprint density at radius 1 is 0.320 bits per heavy atom. The van der Waals surface area contributed by atoms with Gasteiger partial charge in [-0.3, -0.25) is 0 Å². The van der Waals surface area contributed by atoms with E-state index in [1.165, 1.54) is 16.7 Å². The van der Waals surface area contributed by atoms with Gasteiger partial charge in [0.05, 0.1) is 0 Å². The molecule has 0 amide bonds. The highest BCUT2D eigenvalue weighted by molar-refractivity contribution is 5.86. The maximum absolute atomic E-state index is 5.98. The van der Waals surface area contributed by atoms with Gasteiger partial charge in [0.25, 0.3) is 0 Å². The molecule has 6 aliphatic rings. The number of fused-ring (bicyclic) bond motifs is 3. The lowest BCUT2D eigenvalue weighted by atomic mass is 9.88. The Morgan fingerprint density at radius 3 is 0.720 bits per heavy atom. The Morgan fingerprint density at radius 2 is 0.520 bits per heavy atom. The Bertz CT molecular complexity index is 2220. The Labute approximate surface area is 300 Å². The van der Waals surface area contributed by atoms with Gasteiger partial charge < -0.3 is 0 Å². The third kappa shape index (κ3) is 6.65. The first-order valence-electron chi connectivity index (χ1n) is 17.3. The van der Waals surface area contributed by atoms with Crippen LogP contribution in [0.3, 0.4) is 0 Å². The van der Waals surface area contributed by atoms with Crippen molar-refractivity contribution in [1.29, 1.82) is 0 Å². The van der Waals surface area contributed by atoms with E-state index in [1.54, 1.807) is 0 Å². The minimum atomic E-state index is -0.00329. The summed E-state index contributed by atoms with van der Waals surface area (Å²) in [5.74, 6) is 19.8. The average molecular weight is 645 g/mol. The Hall–Kier alpha value is -5.66. The van der Waals surface area contributed by atoms with Crippen molar-refractivity contribution in [2.75, 3.05) is 0 Å². The van der Waals surface area contributed by atoms with Crippen molar-refractivity contribution >= 4 is 0 Å². The first kappa shape index (κ1) is 34.2. The summed E-state index contributed by atoms with van der Waals surface area (Å²) in [5, 5.41) is 0. The van der Waals surface area contributed by atoms with Crippen molar-refractivity contribution in [3.8, 4) is 81.8 Å². The summed E-state index contributed by atoms with van der Waals surface area (Å²) in [6.07, 6.45) is 12.0. The van der Waals surface area contributed by atoms with Gasteiger partial charge in [-0.15, -0.1) is 12.8 Å². The number of hydrogen-bond donors (Lipinski definition) is 0. The molecule has 0 aliphatic heterocycles. The van der Waals surface area contributed by atoms with Crippen molar-refractivity contribution < 1.29 is 0 Å². The Balaban J connectivity index is 1.51. The minimum Gasteiger partial charge on any atom is -0.115 e. The standard InChI is InChI=1S/C50H44/c1-12-33-30-35(44-26-20-39(48(3,4)5)18-24-42(33)44)14-16-37-32-38(47-29-23-41(50(9,10)11)22-28-46(37)47)17-15-36-31-34(13-2)43-25-19-40(49(6,7)8)21-27-45(36)43/h1-2,18-32H,3-11H3.